The molecular weight excluding hydrogens is 330 g/mol. The number of hydrogen-bond donors (Lipinski definition) is 1. The average molecular weight is 333 g/mol. The molecule has 0 fully saturated rings. The number of pyridine rings is 1. The number of ether oxygens (including phenoxy) is 1. The van der Waals surface area contributed by atoms with E-state index in [2.05, 4.69) is 9.72 Å². The molecule has 0 spiro atoms. The van der Waals surface area contributed by atoms with Crippen LogP contribution in [0.4, 0.5) is 13.2 Å². The first-order valence-corrected chi connectivity index (χ1v) is 4.51. The number of carbonyl (C=O) groups excluding carboxylic acids is 1. The van der Waals surface area contributed by atoms with E-state index < -0.39 is 17.8 Å². The monoisotopic (exact) mass is 333 g/mol. The van der Waals surface area contributed by atoms with Crippen molar-refractivity contribution in [1.29, 1.82) is 0 Å². The van der Waals surface area contributed by atoms with Crippen molar-refractivity contribution in [3.05, 3.63) is 15.3 Å². The van der Waals surface area contributed by atoms with E-state index in [1.165, 1.54) is 22.6 Å². The molecule has 0 aliphatic rings. The molecule has 0 radical (unpaired) electrons. The lowest BCUT2D eigenvalue weighted by Gasteiger charge is -2.10. The van der Waals surface area contributed by atoms with Crippen molar-refractivity contribution in [2.24, 2.45) is 0 Å². The van der Waals surface area contributed by atoms with E-state index in [-0.39, 0.29) is 15.6 Å². The molecule has 1 N–H and O–H groups in total. The lowest BCUT2D eigenvalue weighted by atomic mass is 10.3. The van der Waals surface area contributed by atoms with Gasteiger partial charge in [0, 0.05) is 0 Å². The van der Waals surface area contributed by atoms with E-state index in [1.807, 2.05) is 0 Å². The fourth-order valence-corrected chi connectivity index (χ4v) is 1.27. The average Bonchev–Trinajstić information content (AvgIpc) is 2.10. The van der Waals surface area contributed by atoms with E-state index in [4.69, 9.17) is 5.11 Å². The van der Waals surface area contributed by atoms with E-state index >= 15 is 0 Å². The first-order valence-electron chi connectivity index (χ1n) is 3.43. The zero-order valence-corrected chi connectivity index (χ0v) is 9.03. The number of aromatic nitrogens is 1. The van der Waals surface area contributed by atoms with Gasteiger partial charge in [-0.2, -0.15) is 0 Å². The maximum Gasteiger partial charge on any atom is 0.574 e. The molecular formula is C7H3F3INO3. The molecule has 0 saturated carbocycles. The van der Waals surface area contributed by atoms with Crippen molar-refractivity contribution < 1.29 is 27.8 Å². The number of halogens is 4. The Morgan fingerprint density at radius 1 is 1.53 bits per heavy atom. The van der Waals surface area contributed by atoms with Crippen LogP contribution in [-0.2, 0) is 0 Å². The summed E-state index contributed by atoms with van der Waals surface area (Å²) in [6.07, 6.45) is -4.02. The van der Waals surface area contributed by atoms with Crippen molar-refractivity contribution in [1.82, 2.24) is 4.98 Å². The largest absolute Gasteiger partial charge is 0.574 e. The fourth-order valence-electron chi connectivity index (χ4n) is 0.771. The SMILES string of the molecule is O=Cc1c(OC(F)(F)F)ncc(O)c1I. The quantitative estimate of drug-likeness (QED) is 0.665. The predicted octanol–water partition coefficient (Wildman–Crippen LogP) is 2.10. The third kappa shape index (κ3) is 2.94. The van der Waals surface area contributed by atoms with Crippen LogP contribution < -0.4 is 4.74 Å². The third-order valence-electron chi connectivity index (χ3n) is 1.33. The molecule has 1 aromatic heterocycles. The normalized spacial score (nSPS) is 11.2. The van der Waals surface area contributed by atoms with Crippen LogP contribution in [0.15, 0.2) is 6.20 Å². The van der Waals surface area contributed by atoms with E-state index in [0.717, 1.165) is 6.20 Å². The predicted molar refractivity (Wildman–Crippen MR) is 50.7 cm³/mol. The molecule has 1 heterocycles. The maximum absolute atomic E-state index is 11.8. The van der Waals surface area contributed by atoms with Crippen molar-refractivity contribution in [2.45, 2.75) is 6.36 Å². The highest BCUT2D eigenvalue weighted by Gasteiger charge is 2.33. The Bertz CT molecular complexity index is 394. The Labute approximate surface area is 95.2 Å². The van der Waals surface area contributed by atoms with Gasteiger partial charge in [0.05, 0.1) is 15.3 Å². The maximum atomic E-state index is 11.8. The lowest BCUT2D eigenvalue weighted by Crippen LogP contribution is -2.19. The molecule has 0 atom stereocenters. The van der Waals surface area contributed by atoms with Gasteiger partial charge >= 0.3 is 6.36 Å². The van der Waals surface area contributed by atoms with Gasteiger partial charge in [0.2, 0.25) is 5.88 Å². The molecule has 0 unspecified atom stereocenters. The summed E-state index contributed by atoms with van der Waals surface area (Å²) in [6.45, 7) is 0. The highest BCUT2D eigenvalue weighted by Crippen LogP contribution is 2.30. The molecule has 0 aromatic carbocycles. The lowest BCUT2D eigenvalue weighted by molar-refractivity contribution is -0.276. The molecule has 15 heavy (non-hydrogen) atoms. The van der Waals surface area contributed by atoms with Gasteiger partial charge in [0.15, 0.2) is 6.29 Å². The second-order valence-corrected chi connectivity index (χ2v) is 3.42. The highest BCUT2D eigenvalue weighted by atomic mass is 127. The van der Waals surface area contributed by atoms with Crippen molar-refractivity contribution in [3.63, 3.8) is 0 Å². The summed E-state index contributed by atoms with van der Waals surface area (Å²) in [4.78, 5) is 13.6. The number of hydrogen-bond acceptors (Lipinski definition) is 4. The van der Waals surface area contributed by atoms with Crippen LogP contribution in [0.3, 0.4) is 0 Å². The van der Waals surface area contributed by atoms with Gasteiger partial charge in [-0.05, 0) is 22.6 Å². The Morgan fingerprint density at radius 3 is 2.60 bits per heavy atom. The summed E-state index contributed by atoms with van der Waals surface area (Å²) in [5, 5.41) is 9.09. The van der Waals surface area contributed by atoms with E-state index in [1.54, 1.807) is 0 Å². The van der Waals surface area contributed by atoms with Crippen LogP contribution in [0.2, 0.25) is 0 Å². The van der Waals surface area contributed by atoms with Crippen molar-refractivity contribution >= 4 is 28.9 Å². The summed E-state index contributed by atoms with van der Waals surface area (Å²) >= 11 is 1.51. The highest BCUT2D eigenvalue weighted by molar-refractivity contribution is 14.1. The number of aldehydes is 1. The zero-order valence-electron chi connectivity index (χ0n) is 6.88. The van der Waals surface area contributed by atoms with Gasteiger partial charge in [-0.25, -0.2) is 4.98 Å². The summed E-state index contributed by atoms with van der Waals surface area (Å²) in [5.41, 5.74) is -0.437. The number of aromatic hydroxyl groups is 1. The van der Waals surface area contributed by atoms with Crippen LogP contribution in [0.5, 0.6) is 11.6 Å². The van der Waals surface area contributed by atoms with Crippen LogP contribution >= 0.6 is 22.6 Å². The standard InChI is InChI=1S/C7H3F3INO3/c8-7(9,10)15-6-3(2-13)5(11)4(14)1-12-6/h1-2,14H. The Hall–Kier alpha value is -1.06. The summed E-state index contributed by atoms with van der Waals surface area (Å²) in [7, 11) is 0. The Morgan fingerprint density at radius 2 is 2.13 bits per heavy atom. The van der Waals surface area contributed by atoms with Gasteiger partial charge in [-0.3, -0.25) is 4.79 Å². The Kier molecular flexibility index (Phi) is 3.37. The zero-order chi connectivity index (χ0) is 11.6. The number of nitrogens with zero attached hydrogens (tertiary/aromatic N) is 1. The number of rotatable bonds is 2. The molecule has 0 amide bonds. The molecule has 4 nitrogen and oxygen atoms in total. The molecule has 0 saturated heterocycles. The first kappa shape index (κ1) is 12.0. The molecule has 8 heteroatoms. The van der Waals surface area contributed by atoms with Crippen LogP contribution in [0.25, 0.3) is 0 Å². The molecule has 0 aliphatic heterocycles. The topological polar surface area (TPSA) is 59.4 Å². The molecule has 1 aromatic rings. The van der Waals surface area contributed by atoms with E-state index in [9.17, 15) is 18.0 Å². The minimum atomic E-state index is -4.93. The second kappa shape index (κ2) is 4.21. The summed E-state index contributed by atoms with van der Waals surface area (Å²) < 4.78 is 39.0. The van der Waals surface area contributed by atoms with Crippen LogP contribution in [-0.4, -0.2) is 22.7 Å². The smallest absolute Gasteiger partial charge is 0.505 e. The van der Waals surface area contributed by atoms with Gasteiger partial charge in [0.25, 0.3) is 0 Å². The summed E-state index contributed by atoms with van der Waals surface area (Å²) in [5.74, 6) is -1.26. The minimum absolute atomic E-state index is 0.0446. The first-order chi connectivity index (χ1) is 6.85. The van der Waals surface area contributed by atoms with Gasteiger partial charge in [-0.15, -0.1) is 13.2 Å². The van der Waals surface area contributed by atoms with Crippen molar-refractivity contribution in [2.75, 3.05) is 0 Å². The van der Waals surface area contributed by atoms with Gasteiger partial charge in [0.1, 0.15) is 5.75 Å². The molecule has 1 rings (SSSR count). The minimum Gasteiger partial charge on any atom is -0.505 e. The number of carbonyl (C=O) groups is 1. The molecule has 0 aliphatic carbocycles. The summed E-state index contributed by atoms with van der Waals surface area (Å²) in [6, 6.07) is 0. The number of alkyl halides is 3. The Balaban J connectivity index is 3.19. The van der Waals surface area contributed by atoms with Gasteiger partial charge < -0.3 is 9.84 Å². The fraction of sp³-hybridized carbons (Fsp3) is 0.143. The van der Waals surface area contributed by atoms with Gasteiger partial charge in [-0.1, -0.05) is 0 Å². The second-order valence-electron chi connectivity index (χ2n) is 2.34. The molecule has 82 valence electrons. The van der Waals surface area contributed by atoms with E-state index in [0.29, 0.717) is 0 Å². The van der Waals surface area contributed by atoms with Crippen molar-refractivity contribution in [3.8, 4) is 11.6 Å². The third-order valence-corrected chi connectivity index (χ3v) is 2.46. The van der Waals surface area contributed by atoms with Crippen LogP contribution in [0.1, 0.15) is 10.4 Å². The molecule has 0 bridgehead atoms. The van der Waals surface area contributed by atoms with Crippen LogP contribution in [0, 0.1) is 3.57 Å².